The summed E-state index contributed by atoms with van der Waals surface area (Å²) in [5.74, 6) is 0.999. The van der Waals surface area contributed by atoms with Gasteiger partial charge in [-0.05, 0) is 24.5 Å². The first-order valence-electron chi connectivity index (χ1n) is 6.90. The highest BCUT2D eigenvalue weighted by Crippen LogP contribution is 2.22. The summed E-state index contributed by atoms with van der Waals surface area (Å²) in [6.07, 6.45) is 2.55. The molecular formula is C15H21N3O2. The van der Waals surface area contributed by atoms with Gasteiger partial charge in [-0.3, -0.25) is 9.20 Å². The molecule has 5 nitrogen and oxygen atoms in total. The summed E-state index contributed by atoms with van der Waals surface area (Å²) in [4.78, 5) is 16.9. The van der Waals surface area contributed by atoms with Crippen molar-refractivity contribution in [3.63, 3.8) is 0 Å². The van der Waals surface area contributed by atoms with Gasteiger partial charge in [0.2, 0.25) is 0 Å². The molecule has 0 bridgehead atoms. The van der Waals surface area contributed by atoms with E-state index in [0.29, 0.717) is 36.0 Å². The van der Waals surface area contributed by atoms with Crippen molar-refractivity contribution in [2.45, 2.75) is 27.2 Å². The van der Waals surface area contributed by atoms with Crippen LogP contribution in [0.15, 0.2) is 18.3 Å². The van der Waals surface area contributed by atoms with E-state index in [2.05, 4.69) is 24.1 Å². The predicted octanol–water partition coefficient (Wildman–Crippen LogP) is 2.29. The van der Waals surface area contributed by atoms with E-state index in [1.807, 2.05) is 25.3 Å². The molecule has 0 saturated heterocycles. The van der Waals surface area contributed by atoms with E-state index >= 15 is 0 Å². The van der Waals surface area contributed by atoms with Gasteiger partial charge in [0, 0.05) is 12.7 Å². The number of nitrogens with zero attached hydrogens (tertiary/aromatic N) is 2. The Labute approximate surface area is 119 Å². The van der Waals surface area contributed by atoms with Crippen molar-refractivity contribution < 1.29 is 9.53 Å². The molecule has 2 heterocycles. The zero-order valence-electron chi connectivity index (χ0n) is 12.4. The van der Waals surface area contributed by atoms with Crippen LogP contribution in [0, 0.1) is 5.92 Å². The Morgan fingerprint density at radius 1 is 1.50 bits per heavy atom. The van der Waals surface area contributed by atoms with Gasteiger partial charge in [0.05, 0.1) is 12.8 Å². The molecule has 108 valence electrons. The normalized spacial score (nSPS) is 11.1. The second kappa shape index (κ2) is 5.94. The molecule has 20 heavy (non-hydrogen) atoms. The molecule has 0 aromatic carbocycles. The summed E-state index contributed by atoms with van der Waals surface area (Å²) < 4.78 is 7.10. The number of nitrogens with one attached hydrogen (secondary N) is 1. The van der Waals surface area contributed by atoms with Crippen LogP contribution in [0.4, 0.5) is 0 Å². The lowest BCUT2D eigenvalue weighted by molar-refractivity contribution is 0.0942. The SMILES string of the molecule is CCc1nc2c(OC)cccn2c1C(=O)NCC(C)C. The Morgan fingerprint density at radius 3 is 2.85 bits per heavy atom. The van der Waals surface area contributed by atoms with Crippen LogP contribution in [0.25, 0.3) is 5.65 Å². The average molecular weight is 275 g/mol. The standard InChI is InChI=1S/C15H21N3O2/c1-5-11-13(15(19)16-9-10(2)3)18-8-6-7-12(20-4)14(18)17-11/h6-8,10H,5,9H2,1-4H3,(H,16,19). The van der Waals surface area contributed by atoms with E-state index in [1.54, 1.807) is 11.5 Å². The highest BCUT2D eigenvalue weighted by molar-refractivity contribution is 5.95. The highest BCUT2D eigenvalue weighted by atomic mass is 16.5. The van der Waals surface area contributed by atoms with Crippen molar-refractivity contribution in [3.05, 3.63) is 29.7 Å². The Balaban J connectivity index is 2.48. The van der Waals surface area contributed by atoms with Gasteiger partial charge in [0.1, 0.15) is 5.69 Å². The monoisotopic (exact) mass is 275 g/mol. The molecule has 0 fully saturated rings. The topological polar surface area (TPSA) is 55.6 Å². The lowest BCUT2D eigenvalue weighted by Gasteiger charge is -2.09. The lowest BCUT2D eigenvalue weighted by atomic mass is 10.2. The van der Waals surface area contributed by atoms with Gasteiger partial charge in [0.25, 0.3) is 5.91 Å². The summed E-state index contributed by atoms with van der Waals surface area (Å²) in [6.45, 7) is 6.78. The minimum Gasteiger partial charge on any atom is -0.493 e. The maximum Gasteiger partial charge on any atom is 0.270 e. The van der Waals surface area contributed by atoms with Crippen molar-refractivity contribution in [2.75, 3.05) is 13.7 Å². The number of ether oxygens (including phenoxy) is 1. The molecule has 2 rings (SSSR count). The van der Waals surface area contributed by atoms with E-state index in [1.165, 1.54) is 0 Å². The molecule has 2 aromatic heterocycles. The van der Waals surface area contributed by atoms with Crippen LogP contribution >= 0.6 is 0 Å². The zero-order valence-corrected chi connectivity index (χ0v) is 12.4. The smallest absolute Gasteiger partial charge is 0.270 e. The van der Waals surface area contributed by atoms with Crippen LogP contribution < -0.4 is 10.1 Å². The van der Waals surface area contributed by atoms with Gasteiger partial charge < -0.3 is 10.1 Å². The third-order valence-electron chi connectivity index (χ3n) is 3.13. The third-order valence-corrected chi connectivity index (χ3v) is 3.13. The number of aromatic nitrogens is 2. The summed E-state index contributed by atoms with van der Waals surface area (Å²) in [5.41, 5.74) is 2.07. The van der Waals surface area contributed by atoms with Crippen LogP contribution in [0.1, 0.15) is 37.0 Å². The molecule has 0 aliphatic carbocycles. The Hall–Kier alpha value is -2.04. The number of pyridine rings is 1. The van der Waals surface area contributed by atoms with E-state index < -0.39 is 0 Å². The summed E-state index contributed by atoms with van der Waals surface area (Å²) in [5, 5.41) is 2.95. The zero-order chi connectivity index (χ0) is 14.7. The number of rotatable bonds is 5. The number of hydrogen-bond acceptors (Lipinski definition) is 3. The van der Waals surface area contributed by atoms with Gasteiger partial charge in [-0.1, -0.05) is 20.8 Å². The van der Waals surface area contributed by atoms with Crippen molar-refractivity contribution in [3.8, 4) is 5.75 Å². The second-order valence-corrected chi connectivity index (χ2v) is 5.13. The Kier molecular flexibility index (Phi) is 4.27. The average Bonchev–Trinajstić information content (AvgIpc) is 2.82. The number of fused-ring (bicyclic) bond motifs is 1. The van der Waals surface area contributed by atoms with Crippen LogP contribution in [-0.4, -0.2) is 28.9 Å². The molecule has 0 saturated carbocycles. The summed E-state index contributed by atoms with van der Waals surface area (Å²) >= 11 is 0. The van der Waals surface area contributed by atoms with Crippen LogP contribution in [0.2, 0.25) is 0 Å². The van der Waals surface area contributed by atoms with E-state index in [4.69, 9.17) is 4.74 Å². The second-order valence-electron chi connectivity index (χ2n) is 5.13. The van der Waals surface area contributed by atoms with Gasteiger partial charge in [-0.2, -0.15) is 0 Å². The van der Waals surface area contributed by atoms with E-state index in [9.17, 15) is 4.79 Å². The molecule has 5 heteroatoms. The minimum atomic E-state index is -0.0868. The largest absolute Gasteiger partial charge is 0.493 e. The Bertz CT molecular complexity index is 617. The van der Waals surface area contributed by atoms with Crippen LogP contribution in [0.5, 0.6) is 5.75 Å². The maximum absolute atomic E-state index is 12.4. The molecule has 0 radical (unpaired) electrons. The maximum atomic E-state index is 12.4. The fourth-order valence-electron chi connectivity index (χ4n) is 2.12. The first-order valence-corrected chi connectivity index (χ1v) is 6.90. The quantitative estimate of drug-likeness (QED) is 0.911. The number of imidazole rings is 1. The number of carbonyl (C=O) groups is 1. The predicted molar refractivity (Wildman–Crippen MR) is 78.3 cm³/mol. The number of carbonyl (C=O) groups excluding carboxylic acids is 1. The molecule has 0 aliphatic heterocycles. The molecule has 0 unspecified atom stereocenters. The number of methoxy groups -OCH3 is 1. The number of hydrogen-bond donors (Lipinski definition) is 1. The van der Waals surface area contributed by atoms with Crippen molar-refractivity contribution >= 4 is 11.6 Å². The lowest BCUT2D eigenvalue weighted by Crippen LogP contribution is -2.29. The van der Waals surface area contributed by atoms with Gasteiger partial charge in [0.15, 0.2) is 11.4 Å². The first-order chi connectivity index (χ1) is 9.58. The van der Waals surface area contributed by atoms with E-state index in [-0.39, 0.29) is 5.91 Å². The van der Waals surface area contributed by atoms with Gasteiger partial charge >= 0.3 is 0 Å². The fraction of sp³-hybridized carbons (Fsp3) is 0.467. The van der Waals surface area contributed by atoms with Crippen LogP contribution in [0.3, 0.4) is 0 Å². The summed E-state index contributed by atoms with van der Waals surface area (Å²) in [7, 11) is 1.61. The molecule has 2 aromatic rings. The molecule has 0 aliphatic rings. The fourth-order valence-corrected chi connectivity index (χ4v) is 2.12. The molecular weight excluding hydrogens is 254 g/mol. The molecule has 0 spiro atoms. The first kappa shape index (κ1) is 14.4. The Morgan fingerprint density at radius 2 is 2.25 bits per heavy atom. The van der Waals surface area contributed by atoms with Gasteiger partial charge in [-0.15, -0.1) is 0 Å². The van der Waals surface area contributed by atoms with Crippen molar-refractivity contribution in [1.29, 1.82) is 0 Å². The minimum absolute atomic E-state index is 0.0868. The molecule has 1 amide bonds. The van der Waals surface area contributed by atoms with Crippen molar-refractivity contribution in [1.82, 2.24) is 14.7 Å². The number of aryl methyl sites for hydroxylation is 1. The number of amides is 1. The third kappa shape index (κ3) is 2.61. The van der Waals surface area contributed by atoms with Crippen molar-refractivity contribution in [2.24, 2.45) is 5.92 Å². The highest BCUT2D eigenvalue weighted by Gasteiger charge is 2.19. The molecule has 1 N–H and O–H groups in total. The van der Waals surface area contributed by atoms with Gasteiger partial charge in [-0.25, -0.2) is 4.98 Å². The molecule has 0 atom stereocenters. The van der Waals surface area contributed by atoms with E-state index in [0.717, 1.165) is 5.69 Å². The summed E-state index contributed by atoms with van der Waals surface area (Å²) in [6, 6.07) is 3.70. The van der Waals surface area contributed by atoms with Crippen LogP contribution in [-0.2, 0) is 6.42 Å².